The molecule has 0 rings (SSSR count). The van der Waals surface area contributed by atoms with Crippen LogP contribution in [0.3, 0.4) is 0 Å². The molecule has 0 radical (unpaired) electrons. The van der Waals surface area contributed by atoms with Crippen LogP contribution in [0.25, 0.3) is 0 Å². The molecule has 3 nitrogen and oxygen atoms in total. The summed E-state index contributed by atoms with van der Waals surface area (Å²) < 4.78 is 112. The number of halogens is 8. The highest BCUT2D eigenvalue weighted by molar-refractivity contribution is 7.52. The van der Waals surface area contributed by atoms with E-state index in [9.17, 15) is 39.7 Å². The maximum Gasteiger partial charge on any atom is 0.456 e. The fraction of sp³-hybridized carbons (Fsp3) is 1.00. The van der Waals surface area contributed by atoms with Crippen LogP contribution in [0.4, 0.5) is 35.1 Å². The summed E-state index contributed by atoms with van der Waals surface area (Å²) in [6.45, 7) is 1.21. The van der Waals surface area contributed by atoms with E-state index in [1.807, 2.05) is 0 Å². The van der Waals surface area contributed by atoms with E-state index >= 15 is 0 Å². The Labute approximate surface area is 102 Å². The second-order valence-corrected chi connectivity index (χ2v) is 5.44. The molecule has 0 aliphatic rings. The Hall–Kier alpha value is -0.410. The summed E-state index contributed by atoms with van der Waals surface area (Å²) in [6.07, 6.45) is -18.7. The van der Waals surface area contributed by atoms with Gasteiger partial charge in [-0.3, -0.25) is 9.09 Å². The second kappa shape index (κ2) is 5.53. The first-order valence-electron chi connectivity index (χ1n) is 4.66. The van der Waals surface area contributed by atoms with Crippen molar-refractivity contribution in [2.24, 2.45) is 0 Å². The van der Waals surface area contributed by atoms with Gasteiger partial charge < -0.3 is 4.89 Å². The third-order valence-electron chi connectivity index (χ3n) is 1.78. The molecule has 116 valence electrons. The van der Waals surface area contributed by atoms with Crippen LogP contribution in [0.15, 0.2) is 0 Å². The van der Waals surface area contributed by atoms with Crippen LogP contribution in [-0.4, -0.2) is 35.4 Å². The Morgan fingerprint density at radius 1 is 1.11 bits per heavy atom. The second-order valence-electron chi connectivity index (χ2n) is 3.51. The van der Waals surface area contributed by atoms with Crippen molar-refractivity contribution in [2.45, 2.75) is 37.7 Å². The van der Waals surface area contributed by atoms with E-state index in [4.69, 9.17) is 4.89 Å². The van der Waals surface area contributed by atoms with Crippen LogP contribution in [0.2, 0.25) is 0 Å². The lowest BCUT2D eigenvalue weighted by Gasteiger charge is -2.31. The molecule has 1 N–H and O–H groups in total. The SMILES string of the molecule is CCCP(=O)(O)OC(C(F)(F)F)C(F)(F)C(F)(F)F. The molecule has 0 aliphatic carbocycles. The van der Waals surface area contributed by atoms with Crippen LogP contribution in [-0.2, 0) is 9.09 Å². The first-order chi connectivity index (χ1) is 8.15. The Morgan fingerprint density at radius 3 is 1.79 bits per heavy atom. The molecule has 0 spiro atoms. The minimum absolute atomic E-state index is 0.240. The molecule has 0 aromatic rings. The van der Waals surface area contributed by atoms with Crippen molar-refractivity contribution in [3.05, 3.63) is 0 Å². The van der Waals surface area contributed by atoms with Gasteiger partial charge in [-0.05, 0) is 6.42 Å². The lowest BCUT2D eigenvalue weighted by Crippen LogP contribution is -2.54. The number of alkyl halides is 8. The van der Waals surface area contributed by atoms with Gasteiger partial charge in [0.1, 0.15) is 0 Å². The van der Waals surface area contributed by atoms with Crippen molar-refractivity contribution in [1.82, 2.24) is 0 Å². The van der Waals surface area contributed by atoms with E-state index in [2.05, 4.69) is 4.52 Å². The van der Waals surface area contributed by atoms with Gasteiger partial charge in [0.25, 0.3) is 0 Å². The molecule has 12 heteroatoms. The van der Waals surface area contributed by atoms with Gasteiger partial charge in [0.15, 0.2) is 0 Å². The molecule has 0 aliphatic heterocycles. The Balaban J connectivity index is 5.45. The molecular weight excluding hydrogens is 315 g/mol. The number of rotatable bonds is 5. The number of hydrogen-bond donors (Lipinski definition) is 1. The molecule has 19 heavy (non-hydrogen) atoms. The van der Waals surface area contributed by atoms with Crippen LogP contribution in [0.5, 0.6) is 0 Å². The summed E-state index contributed by atoms with van der Waals surface area (Å²) in [6, 6.07) is 0. The molecule has 0 saturated carbocycles. The zero-order chi connectivity index (χ0) is 15.7. The van der Waals surface area contributed by atoms with Crippen LogP contribution < -0.4 is 0 Å². The molecule has 0 heterocycles. The molecule has 0 aromatic heterocycles. The first kappa shape index (κ1) is 18.6. The van der Waals surface area contributed by atoms with Gasteiger partial charge in [-0.15, -0.1) is 0 Å². The van der Waals surface area contributed by atoms with Crippen molar-refractivity contribution in [2.75, 3.05) is 6.16 Å². The average molecular weight is 324 g/mol. The van der Waals surface area contributed by atoms with Gasteiger partial charge in [0, 0.05) is 6.16 Å². The first-order valence-corrected chi connectivity index (χ1v) is 6.43. The molecular formula is C7H9F8O3P. The summed E-state index contributed by atoms with van der Waals surface area (Å²) in [7, 11) is -5.21. The maximum absolute atomic E-state index is 12.7. The number of hydrogen-bond acceptors (Lipinski definition) is 2. The Kier molecular flexibility index (Phi) is 5.41. The lowest BCUT2D eigenvalue weighted by atomic mass is 10.2. The van der Waals surface area contributed by atoms with Crippen LogP contribution in [0.1, 0.15) is 13.3 Å². The van der Waals surface area contributed by atoms with Gasteiger partial charge in [-0.25, -0.2) is 0 Å². The van der Waals surface area contributed by atoms with Gasteiger partial charge in [0.2, 0.25) is 6.10 Å². The summed E-state index contributed by atoms with van der Waals surface area (Å²) >= 11 is 0. The highest BCUT2D eigenvalue weighted by atomic mass is 31.2. The molecule has 0 amide bonds. The van der Waals surface area contributed by atoms with Gasteiger partial charge in [0.05, 0.1) is 0 Å². The minimum Gasteiger partial charge on any atom is -0.324 e. The summed E-state index contributed by atoms with van der Waals surface area (Å²) in [5.41, 5.74) is 0. The van der Waals surface area contributed by atoms with Gasteiger partial charge in [-0.2, -0.15) is 35.1 Å². The van der Waals surface area contributed by atoms with Crippen molar-refractivity contribution >= 4 is 7.60 Å². The van der Waals surface area contributed by atoms with E-state index in [-0.39, 0.29) is 6.42 Å². The molecule has 0 saturated heterocycles. The van der Waals surface area contributed by atoms with E-state index in [1.54, 1.807) is 0 Å². The fourth-order valence-electron chi connectivity index (χ4n) is 0.980. The van der Waals surface area contributed by atoms with Crippen LogP contribution >= 0.6 is 7.60 Å². The standard InChI is InChI=1S/C7H9F8O3P/c1-2-3-19(16,17)18-4(6(10,11)12)5(8,9)7(13,14)15/h4H,2-3H2,1H3,(H,16,17). The molecule has 2 atom stereocenters. The fourth-order valence-corrected chi connectivity index (χ4v) is 2.23. The maximum atomic E-state index is 12.7. The van der Waals surface area contributed by atoms with Gasteiger partial charge >= 0.3 is 25.9 Å². The minimum atomic E-state index is -6.57. The van der Waals surface area contributed by atoms with Crippen LogP contribution in [0, 0.1) is 0 Å². The average Bonchev–Trinajstić information content (AvgIpc) is 2.10. The van der Waals surface area contributed by atoms with E-state index < -0.39 is 38.1 Å². The Morgan fingerprint density at radius 2 is 1.53 bits per heavy atom. The highest BCUT2D eigenvalue weighted by Gasteiger charge is 2.71. The predicted molar refractivity (Wildman–Crippen MR) is 46.9 cm³/mol. The van der Waals surface area contributed by atoms with Crippen molar-refractivity contribution < 1.29 is 49.1 Å². The topological polar surface area (TPSA) is 46.5 Å². The largest absolute Gasteiger partial charge is 0.456 e. The highest BCUT2D eigenvalue weighted by Crippen LogP contribution is 2.53. The summed E-state index contributed by atoms with van der Waals surface area (Å²) in [5, 5.41) is 0. The molecule has 0 aromatic carbocycles. The lowest BCUT2D eigenvalue weighted by molar-refractivity contribution is -0.354. The predicted octanol–water partition coefficient (Wildman–Crippen LogP) is 3.73. The van der Waals surface area contributed by atoms with Gasteiger partial charge in [-0.1, -0.05) is 6.92 Å². The van der Waals surface area contributed by atoms with Crippen molar-refractivity contribution in [3.63, 3.8) is 0 Å². The Bertz CT molecular complexity index is 349. The monoisotopic (exact) mass is 324 g/mol. The zero-order valence-corrected chi connectivity index (χ0v) is 10.1. The molecule has 2 unspecified atom stereocenters. The van der Waals surface area contributed by atoms with E-state index in [1.165, 1.54) is 6.92 Å². The summed E-state index contributed by atoms with van der Waals surface area (Å²) in [4.78, 5) is 8.81. The van der Waals surface area contributed by atoms with Crippen molar-refractivity contribution in [3.8, 4) is 0 Å². The zero-order valence-electron chi connectivity index (χ0n) is 9.23. The molecule has 0 bridgehead atoms. The quantitative estimate of drug-likeness (QED) is 0.619. The third kappa shape index (κ3) is 4.88. The third-order valence-corrected chi connectivity index (χ3v) is 3.33. The smallest absolute Gasteiger partial charge is 0.324 e. The normalized spacial score (nSPS) is 19.1. The van der Waals surface area contributed by atoms with Crippen molar-refractivity contribution in [1.29, 1.82) is 0 Å². The van der Waals surface area contributed by atoms with E-state index in [0.717, 1.165) is 0 Å². The van der Waals surface area contributed by atoms with E-state index in [0.29, 0.717) is 0 Å². The summed E-state index contributed by atoms with van der Waals surface area (Å²) in [5.74, 6) is -6.34. The molecule has 0 fully saturated rings.